The van der Waals surface area contributed by atoms with Gasteiger partial charge in [-0.2, -0.15) is 0 Å². The maximum Gasteiger partial charge on any atom is 0.237 e. The first-order chi connectivity index (χ1) is 18.1. The predicted octanol–water partition coefficient (Wildman–Crippen LogP) is 5.11. The van der Waals surface area contributed by atoms with Gasteiger partial charge in [0, 0.05) is 23.7 Å². The molecule has 1 aromatic rings. The van der Waals surface area contributed by atoms with Gasteiger partial charge in [-0.3, -0.25) is 9.59 Å². The predicted molar refractivity (Wildman–Crippen MR) is 145 cm³/mol. The lowest BCUT2D eigenvalue weighted by Gasteiger charge is -2.42. The molecule has 39 heavy (non-hydrogen) atoms. The highest BCUT2D eigenvalue weighted by Crippen LogP contribution is 2.55. The first-order valence-electron chi connectivity index (χ1n) is 13.3. The molecule has 1 aliphatic carbocycles. The van der Waals surface area contributed by atoms with Gasteiger partial charge in [0.05, 0.1) is 22.1 Å². The fourth-order valence-electron chi connectivity index (χ4n) is 6.65. The highest BCUT2D eigenvalue weighted by molar-refractivity contribution is 6.31. The van der Waals surface area contributed by atoms with Crippen LogP contribution in [0.4, 0.5) is 18.9 Å². The Labute approximate surface area is 232 Å². The molecule has 0 aromatic heterocycles. The molecule has 1 unspecified atom stereocenters. The zero-order valence-electron chi connectivity index (χ0n) is 22.9. The lowest BCUT2D eigenvalue weighted by Crippen LogP contribution is -2.58. The standard InChI is InChI=1S/C29H37ClF3N3O3/c1-15(7-6-8-16(32)14-31)23-24(25(37)34-17-11-28(5,39)12-17)36-22(13-27(2,3)4)29(23)18-9-20(33)19(30)10-21(18)35-26(29)38/h6-10,15,17,22-24,36,39H,11-14H2,1-5H3,(H,34,37)(H,35,38)/b7-6-,16-8+/t15?,17?,22-,23+,24-,28?,29+/m1/s1. The molecule has 10 heteroatoms. The van der Waals surface area contributed by atoms with Crippen LogP contribution >= 0.6 is 11.6 Å². The molecule has 1 spiro atoms. The Balaban J connectivity index is 1.84. The monoisotopic (exact) mass is 567 g/mol. The topological polar surface area (TPSA) is 90.5 Å². The third-order valence-electron chi connectivity index (χ3n) is 8.15. The number of hydrogen-bond donors (Lipinski definition) is 4. The van der Waals surface area contributed by atoms with E-state index in [4.69, 9.17) is 11.6 Å². The fourth-order valence-corrected chi connectivity index (χ4v) is 6.81. The number of aliphatic hydroxyl groups is 1. The summed E-state index contributed by atoms with van der Waals surface area (Å²) in [7, 11) is 0. The number of nitrogens with one attached hydrogen (secondary N) is 3. The van der Waals surface area contributed by atoms with E-state index in [0.29, 0.717) is 30.5 Å². The average molecular weight is 568 g/mol. The number of alkyl halides is 1. The second kappa shape index (κ2) is 10.6. The maximum absolute atomic E-state index is 14.9. The van der Waals surface area contributed by atoms with Crippen LogP contribution in [0.3, 0.4) is 0 Å². The van der Waals surface area contributed by atoms with Gasteiger partial charge in [0.2, 0.25) is 11.8 Å². The molecule has 2 aliphatic heterocycles. The molecular formula is C29H37ClF3N3O3. The summed E-state index contributed by atoms with van der Waals surface area (Å²) in [5.41, 5.74) is -1.68. The Morgan fingerprint density at radius 2 is 2.00 bits per heavy atom. The molecule has 0 radical (unpaired) electrons. The molecular weight excluding hydrogens is 531 g/mol. The van der Waals surface area contributed by atoms with Gasteiger partial charge in [-0.15, -0.1) is 0 Å². The second-order valence-corrected chi connectivity index (χ2v) is 13.1. The van der Waals surface area contributed by atoms with Crippen molar-refractivity contribution in [3.8, 4) is 0 Å². The van der Waals surface area contributed by atoms with E-state index >= 15 is 0 Å². The van der Waals surface area contributed by atoms with Crippen LogP contribution in [0.15, 0.2) is 36.2 Å². The van der Waals surface area contributed by atoms with E-state index < -0.39 is 53.3 Å². The van der Waals surface area contributed by atoms with E-state index in [0.717, 1.165) is 6.08 Å². The largest absolute Gasteiger partial charge is 0.390 e. The van der Waals surface area contributed by atoms with Crippen molar-refractivity contribution in [1.82, 2.24) is 10.6 Å². The number of fused-ring (bicyclic) bond motifs is 2. The molecule has 1 saturated carbocycles. The summed E-state index contributed by atoms with van der Waals surface area (Å²) in [5.74, 6) is -3.56. The Morgan fingerprint density at radius 3 is 2.59 bits per heavy atom. The Hall–Kier alpha value is -2.36. The molecule has 4 rings (SSSR count). The summed E-state index contributed by atoms with van der Waals surface area (Å²) in [4.78, 5) is 27.8. The third-order valence-corrected chi connectivity index (χ3v) is 8.44. The van der Waals surface area contributed by atoms with E-state index in [-0.39, 0.29) is 28.3 Å². The summed E-state index contributed by atoms with van der Waals surface area (Å²) in [6.07, 6.45) is 5.31. The Kier molecular flexibility index (Phi) is 8.02. The number of allylic oxidation sites excluding steroid dienone is 4. The van der Waals surface area contributed by atoms with E-state index in [1.165, 1.54) is 18.2 Å². The SMILES string of the molecule is CC(/C=C\C=C(\F)CF)[C@H]1[C@H](C(=O)NC2CC(C)(O)C2)N[C@H](CC(C)(C)C)[C@]12C(=O)Nc1cc(Cl)c(F)cc12. The number of anilines is 1. The average Bonchev–Trinajstić information content (AvgIpc) is 3.27. The molecule has 2 heterocycles. The molecule has 4 N–H and O–H groups in total. The van der Waals surface area contributed by atoms with Gasteiger partial charge < -0.3 is 21.1 Å². The second-order valence-electron chi connectivity index (χ2n) is 12.7. The zero-order chi connectivity index (χ0) is 28.9. The lowest BCUT2D eigenvalue weighted by atomic mass is 9.61. The number of halogens is 4. The molecule has 2 amide bonds. The van der Waals surface area contributed by atoms with Crippen molar-refractivity contribution >= 4 is 29.1 Å². The number of carbonyl (C=O) groups excluding carboxylic acids is 2. The van der Waals surface area contributed by atoms with Gasteiger partial charge in [-0.1, -0.05) is 51.4 Å². The first-order valence-corrected chi connectivity index (χ1v) is 13.7. The van der Waals surface area contributed by atoms with Crippen LogP contribution in [0.2, 0.25) is 5.02 Å². The molecule has 0 bridgehead atoms. The van der Waals surface area contributed by atoms with Crippen molar-refractivity contribution < 1.29 is 27.9 Å². The molecule has 1 aromatic carbocycles. The lowest BCUT2D eigenvalue weighted by molar-refractivity contribution is -0.128. The quantitative estimate of drug-likeness (QED) is 0.345. The Morgan fingerprint density at radius 1 is 1.33 bits per heavy atom. The molecule has 3 aliphatic rings. The number of benzene rings is 1. The van der Waals surface area contributed by atoms with Crippen molar-refractivity contribution in [2.75, 3.05) is 12.0 Å². The van der Waals surface area contributed by atoms with Crippen molar-refractivity contribution in [1.29, 1.82) is 0 Å². The van der Waals surface area contributed by atoms with E-state index in [9.17, 15) is 27.9 Å². The van der Waals surface area contributed by atoms with E-state index in [1.54, 1.807) is 19.9 Å². The highest BCUT2D eigenvalue weighted by Gasteiger charge is 2.66. The van der Waals surface area contributed by atoms with Crippen molar-refractivity contribution in [2.45, 2.75) is 83.0 Å². The number of rotatable bonds is 7. The summed E-state index contributed by atoms with van der Waals surface area (Å²) in [5, 5.41) is 19.3. The molecule has 6 nitrogen and oxygen atoms in total. The van der Waals surface area contributed by atoms with Gasteiger partial charge >= 0.3 is 0 Å². The summed E-state index contributed by atoms with van der Waals surface area (Å²) in [6, 6.07) is 1.00. The van der Waals surface area contributed by atoms with Gasteiger partial charge in [0.15, 0.2) is 0 Å². The van der Waals surface area contributed by atoms with Gasteiger partial charge in [-0.05, 0) is 61.3 Å². The molecule has 5 atom stereocenters. The first kappa shape index (κ1) is 29.6. The Bertz CT molecular complexity index is 1200. The third kappa shape index (κ3) is 5.63. The van der Waals surface area contributed by atoms with Crippen LogP contribution in [0.25, 0.3) is 0 Å². The minimum Gasteiger partial charge on any atom is -0.390 e. The normalized spacial score (nSPS) is 33.3. The maximum atomic E-state index is 14.9. The van der Waals surface area contributed by atoms with Crippen LogP contribution in [-0.4, -0.2) is 47.3 Å². The van der Waals surface area contributed by atoms with Crippen molar-refractivity contribution in [3.63, 3.8) is 0 Å². The van der Waals surface area contributed by atoms with Crippen LogP contribution in [-0.2, 0) is 15.0 Å². The van der Waals surface area contributed by atoms with Crippen LogP contribution in [0, 0.1) is 23.1 Å². The highest BCUT2D eigenvalue weighted by atomic mass is 35.5. The van der Waals surface area contributed by atoms with Crippen LogP contribution < -0.4 is 16.0 Å². The zero-order valence-corrected chi connectivity index (χ0v) is 23.6. The van der Waals surface area contributed by atoms with Crippen LogP contribution in [0.1, 0.15) is 59.4 Å². The van der Waals surface area contributed by atoms with Gasteiger partial charge in [0.25, 0.3) is 0 Å². The smallest absolute Gasteiger partial charge is 0.237 e. The summed E-state index contributed by atoms with van der Waals surface area (Å²) < 4.78 is 41.1. The minimum atomic E-state index is -1.35. The number of amides is 2. The van der Waals surface area contributed by atoms with Gasteiger partial charge in [0.1, 0.15) is 18.3 Å². The number of hydrogen-bond acceptors (Lipinski definition) is 4. The molecule has 2 fully saturated rings. The molecule has 1 saturated heterocycles. The number of carbonyl (C=O) groups is 2. The minimum absolute atomic E-state index is 0.132. The van der Waals surface area contributed by atoms with Gasteiger partial charge in [-0.25, -0.2) is 13.2 Å². The fraction of sp³-hybridized carbons (Fsp3) is 0.586. The van der Waals surface area contributed by atoms with Crippen LogP contribution in [0.5, 0.6) is 0 Å². The summed E-state index contributed by atoms with van der Waals surface area (Å²) in [6.45, 7) is 8.32. The summed E-state index contributed by atoms with van der Waals surface area (Å²) >= 11 is 6.06. The van der Waals surface area contributed by atoms with E-state index in [2.05, 4.69) is 16.0 Å². The van der Waals surface area contributed by atoms with Crippen molar-refractivity contribution in [3.05, 3.63) is 52.6 Å². The van der Waals surface area contributed by atoms with E-state index in [1.807, 2.05) is 20.8 Å². The molecule has 214 valence electrons. The van der Waals surface area contributed by atoms with Crippen molar-refractivity contribution in [2.24, 2.45) is 17.3 Å².